The average molecular weight is 586 g/mol. The van der Waals surface area contributed by atoms with Crippen LogP contribution in [0.1, 0.15) is 16.1 Å². The number of rotatable bonds is 8. The van der Waals surface area contributed by atoms with Gasteiger partial charge in [0.1, 0.15) is 11.3 Å². The molecule has 0 aliphatic carbocycles. The quantitative estimate of drug-likeness (QED) is 0.222. The van der Waals surface area contributed by atoms with E-state index in [1.165, 1.54) is 25.3 Å². The molecule has 4 N–H and O–H groups in total. The summed E-state index contributed by atoms with van der Waals surface area (Å²) in [5.41, 5.74) is -0.941. The van der Waals surface area contributed by atoms with Crippen LogP contribution in [-0.2, 0) is 0 Å². The normalized spacial score (nSPS) is 12.1. The molecule has 1 amide bonds. The smallest absolute Gasteiger partial charge is 0.452 e. The number of amides is 1. The molecule has 3 rings (SSSR count). The number of hydrogen-bond donors (Lipinski definition) is 4. The first-order valence-corrected chi connectivity index (χ1v) is 10.3. The number of benzene rings is 2. The Balaban J connectivity index is 2.14. The van der Waals surface area contributed by atoms with Crippen LogP contribution in [0.25, 0.3) is 0 Å². The van der Waals surface area contributed by atoms with Gasteiger partial charge in [-0.1, -0.05) is 0 Å². The third-order valence-corrected chi connectivity index (χ3v) is 4.39. The van der Waals surface area contributed by atoms with E-state index in [4.69, 9.17) is 20.1 Å². The molecule has 0 spiro atoms. The second-order valence-electron chi connectivity index (χ2n) is 7.47. The van der Waals surface area contributed by atoms with Crippen LogP contribution < -0.4 is 24.3 Å². The first-order chi connectivity index (χ1) is 18.3. The van der Waals surface area contributed by atoms with Crippen LogP contribution in [0.15, 0.2) is 42.6 Å². The number of ether oxygens (including phenoxy) is 4. The number of pyridine rings is 1. The maximum absolute atomic E-state index is 15.2. The zero-order chi connectivity index (χ0) is 30.0. The molecule has 0 aliphatic heterocycles. The highest BCUT2D eigenvalue weighted by atomic mass is 19.4. The topological polar surface area (TPSA) is 140 Å². The Morgan fingerprint density at radius 2 is 1.32 bits per heavy atom. The molecule has 40 heavy (non-hydrogen) atoms. The number of carbonyl (C=O) groups is 1. The lowest BCUT2D eigenvalue weighted by molar-refractivity contribution is -0.420. The van der Waals surface area contributed by atoms with Gasteiger partial charge in [0.25, 0.3) is 5.91 Å². The molecule has 0 unspecified atom stereocenters. The molecule has 0 fully saturated rings. The number of hydrogen-bond acceptors (Lipinski definition) is 9. The molecule has 1 heterocycles. The summed E-state index contributed by atoms with van der Waals surface area (Å²) >= 11 is 0. The summed E-state index contributed by atoms with van der Waals surface area (Å²) in [7, 11) is 0. The van der Waals surface area contributed by atoms with Gasteiger partial charge in [-0.25, -0.2) is 4.39 Å². The Morgan fingerprint density at radius 1 is 0.800 bits per heavy atom. The number of aromatic nitrogens is 1. The number of anilines is 1. The van der Waals surface area contributed by atoms with E-state index in [1.54, 1.807) is 0 Å². The van der Waals surface area contributed by atoms with E-state index < -0.39 is 70.7 Å². The van der Waals surface area contributed by atoms with Gasteiger partial charge in [-0.3, -0.25) is 9.78 Å². The van der Waals surface area contributed by atoms with Gasteiger partial charge in [0, 0.05) is 17.6 Å². The highest BCUT2D eigenvalue weighted by Gasteiger charge is 2.37. The predicted octanol–water partition coefficient (Wildman–Crippen LogP) is 4.48. The maximum atomic E-state index is 15.2. The van der Waals surface area contributed by atoms with Gasteiger partial charge in [0.15, 0.2) is 23.1 Å². The fourth-order valence-corrected chi connectivity index (χ4v) is 3.01. The molecule has 0 atom stereocenters. The Hall–Kier alpha value is -4.42. The lowest BCUT2D eigenvalue weighted by Gasteiger charge is -2.21. The van der Waals surface area contributed by atoms with Gasteiger partial charge < -0.3 is 39.6 Å². The molecule has 0 saturated heterocycles. The molecule has 216 valence electrons. The fraction of sp³-hybridized carbons (Fsp3) is 0.182. The van der Waals surface area contributed by atoms with Crippen molar-refractivity contribution in [1.29, 1.82) is 0 Å². The van der Waals surface area contributed by atoms with Gasteiger partial charge in [-0.05, 0) is 43.3 Å². The predicted molar refractivity (Wildman–Crippen MR) is 113 cm³/mol. The van der Waals surface area contributed by atoms with Crippen molar-refractivity contribution >= 4 is 11.6 Å². The largest absolute Gasteiger partial charge is 0.573 e. The second kappa shape index (κ2) is 11.0. The molecule has 0 bridgehead atoms. The van der Waals surface area contributed by atoms with Crippen LogP contribution in [0.2, 0.25) is 0 Å². The van der Waals surface area contributed by atoms with Crippen molar-refractivity contribution in [3.63, 3.8) is 0 Å². The molecule has 18 heteroatoms. The fourth-order valence-electron chi connectivity index (χ4n) is 3.01. The second-order valence-corrected chi connectivity index (χ2v) is 7.47. The minimum Gasteiger partial charge on any atom is -0.452 e. The van der Waals surface area contributed by atoms with Crippen LogP contribution in [-0.4, -0.2) is 45.1 Å². The SMILES string of the molecule is Cc1cc(NC(=O)c2c(Oc3ccc(OC(F)(F)F)c(F)c3OC(O)(O)O)ccc(OC(F)(F)F)c2F)ccn1. The molecule has 2 aromatic carbocycles. The zero-order valence-electron chi connectivity index (χ0n) is 19.4. The average Bonchev–Trinajstić information content (AvgIpc) is 2.77. The highest BCUT2D eigenvalue weighted by Crippen LogP contribution is 2.43. The number of nitrogens with one attached hydrogen (secondary N) is 1. The zero-order valence-corrected chi connectivity index (χ0v) is 19.4. The van der Waals surface area contributed by atoms with Crippen LogP contribution in [0.3, 0.4) is 0 Å². The summed E-state index contributed by atoms with van der Waals surface area (Å²) in [6.07, 6.45) is -13.9. The molecule has 3 aromatic rings. The molecule has 0 aliphatic rings. The summed E-state index contributed by atoms with van der Waals surface area (Å²) in [6, 6.07) is 4.12. The highest BCUT2D eigenvalue weighted by molar-refractivity contribution is 6.06. The van der Waals surface area contributed by atoms with Crippen LogP contribution >= 0.6 is 0 Å². The first kappa shape index (κ1) is 30.1. The number of nitrogens with zero attached hydrogens (tertiary/aromatic N) is 1. The van der Waals surface area contributed by atoms with Crippen molar-refractivity contribution in [2.24, 2.45) is 0 Å². The Kier molecular flexibility index (Phi) is 8.27. The summed E-state index contributed by atoms with van der Waals surface area (Å²) in [6.45, 7) is 1.51. The molecular weight excluding hydrogens is 572 g/mol. The number of aryl methyl sites for hydroxylation is 1. The van der Waals surface area contributed by atoms with Crippen molar-refractivity contribution in [3.05, 3.63) is 65.5 Å². The monoisotopic (exact) mass is 586 g/mol. The van der Waals surface area contributed by atoms with E-state index >= 15 is 4.39 Å². The van der Waals surface area contributed by atoms with Gasteiger partial charge in [0.2, 0.25) is 11.6 Å². The Bertz CT molecular complexity index is 1410. The van der Waals surface area contributed by atoms with Crippen LogP contribution in [0, 0.1) is 18.6 Å². The van der Waals surface area contributed by atoms with E-state index in [-0.39, 0.29) is 11.8 Å². The molecule has 10 nitrogen and oxygen atoms in total. The standard InChI is InChI=1S/C22H14F8N2O8/c1-9-8-10(6-7-31-9)32-19(33)15-11(2-3-12(16(15)23)38-20(25,26)27)37-14-5-4-13(39-21(28,29)30)17(24)18(14)40-22(34,35)36/h2-8,34-36H,1H3,(H,31,32,33). The van der Waals surface area contributed by atoms with E-state index in [2.05, 4.69) is 24.5 Å². The summed E-state index contributed by atoms with van der Waals surface area (Å²) in [5.74, 6) is -12.5. The van der Waals surface area contributed by atoms with E-state index in [9.17, 15) is 35.5 Å². The van der Waals surface area contributed by atoms with Crippen molar-refractivity contribution in [3.8, 4) is 28.7 Å². The van der Waals surface area contributed by atoms with E-state index in [1.807, 2.05) is 0 Å². The summed E-state index contributed by atoms with van der Waals surface area (Å²) < 4.78 is 122. The molecular formula is C22H14F8N2O8. The van der Waals surface area contributed by atoms with Crippen LogP contribution in [0.4, 0.5) is 40.8 Å². The molecule has 0 radical (unpaired) electrons. The third kappa shape index (κ3) is 8.04. The summed E-state index contributed by atoms with van der Waals surface area (Å²) in [5, 5.41) is 29.4. The van der Waals surface area contributed by atoms with Crippen LogP contribution in [0.5, 0.6) is 28.7 Å². The number of aliphatic hydroxyl groups is 3. The van der Waals surface area contributed by atoms with E-state index in [0.717, 1.165) is 0 Å². The Morgan fingerprint density at radius 3 is 1.85 bits per heavy atom. The minimum absolute atomic E-state index is 0.0145. The lowest BCUT2D eigenvalue weighted by Crippen LogP contribution is -2.35. The first-order valence-electron chi connectivity index (χ1n) is 10.3. The van der Waals surface area contributed by atoms with Gasteiger partial charge >= 0.3 is 18.9 Å². The van der Waals surface area contributed by atoms with Crippen molar-refractivity contribution in [2.45, 2.75) is 25.8 Å². The number of alkyl halides is 6. The lowest BCUT2D eigenvalue weighted by atomic mass is 10.1. The number of halogens is 8. The Labute approximate surface area is 216 Å². The minimum atomic E-state index is -5.46. The van der Waals surface area contributed by atoms with Crippen molar-refractivity contribution in [1.82, 2.24) is 4.98 Å². The summed E-state index contributed by atoms with van der Waals surface area (Å²) in [4.78, 5) is 16.8. The van der Waals surface area contributed by atoms with Gasteiger partial charge in [-0.15, -0.1) is 26.3 Å². The molecule has 1 aromatic heterocycles. The van der Waals surface area contributed by atoms with Gasteiger partial charge in [-0.2, -0.15) is 4.39 Å². The van der Waals surface area contributed by atoms with E-state index in [0.29, 0.717) is 23.9 Å². The maximum Gasteiger partial charge on any atom is 0.573 e. The third-order valence-electron chi connectivity index (χ3n) is 4.39. The van der Waals surface area contributed by atoms with Crippen molar-refractivity contribution < 1.29 is 74.2 Å². The van der Waals surface area contributed by atoms with Crippen molar-refractivity contribution in [2.75, 3.05) is 5.32 Å². The number of carbonyl (C=O) groups excluding carboxylic acids is 1. The van der Waals surface area contributed by atoms with Gasteiger partial charge in [0.05, 0.1) is 0 Å². The molecule has 0 saturated carbocycles.